The predicted molar refractivity (Wildman–Crippen MR) is 69.7 cm³/mol. The molecule has 3 heteroatoms. The van der Waals surface area contributed by atoms with E-state index in [-0.39, 0.29) is 11.8 Å². The number of carbonyl (C=O) groups is 1. The lowest BCUT2D eigenvalue weighted by Crippen LogP contribution is -2.46. The maximum atomic E-state index is 12.1. The first kappa shape index (κ1) is 12.9. The van der Waals surface area contributed by atoms with Crippen molar-refractivity contribution in [1.29, 1.82) is 0 Å². The highest BCUT2D eigenvalue weighted by molar-refractivity contribution is 5.79. The molecule has 0 radical (unpaired) electrons. The number of hydrogen-bond acceptors (Lipinski definition) is 2. The molecule has 3 unspecified atom stereocenters. The van der Waals surface area contributed by atoms with Crippen molar-refractivity contribution in [2.45, 2.75) is 52.0 Å². The van der Waals surface area contributed by atoms with Crippen LogP contribution in [0.5, 0.6) is 0 Å². The molecule has 0 bridgehead atoms. The third-order valence-corrected chi connectivity index (χ3v) is 4.61. The molecule has 2 N–H and O–H groups in total. The summed E-state index contributed by atoms with van der Waals surface area (Å²) in [6.45, 7) is 6.57. The van der Waals surface area contributed by atoms with Gasteiger partial charge in [-0.25, -0.2) is 0 Å². The number of amides is 1. The fraction of sp³-hybridized carbons (Fsp3) is 0.929. The van der Waals surface area contributed by atoms with Gasteiger partial charge in [-0.15, -0.1) is 0 Å². The first-order valence-corrected chi connectivity index (χ1v) is 7.18. The van der Waals surface area contributed by atoms with Gasteiger partial charge in [0.25, 0.3) is 0 Å². The quantitative estimate of drug-likeness (QED) is 0.772. The second-order valence-electron chi connectivity index (χ2n) is 6.02. The molecule has 2 aliphatic rings. The molecule has 1 aliphatic heterocycles. The number of nitrogens with one attached hydrogen (secondary N) is 2. The predicted octanol–water partition coefficient (Wildman–Crippen LogP) is 1.93. The monoisotopic (exact) mass is 238 g/mol. The van der Waals surface area contributed by atoms with Crippen LogP contribution in [-0.4, -0.2) is 25.0 Å². The molecule has 4 atom stereocenters. The molecular formula is C14H26N2O. The van der Waals surface area contributed by atoms with E-state index in [0.717, 1.165) is 50.6 Å². The lowest BCUT2D eigenvalue weighted by Gasteiger charge is -2.33. The van der Waals surface area contributed by atoms with Crippen molar-refractivity contribution < 1.29 is 4.79 Å². The van der Waals surface area contributed by atoms with Gasteiger partial charge in [0.1, 0.15) is 0 Å². The van der Waals surface area contributed by atoms with E-state index in [1.165, 1.54) is 6.42 Å². The molecule has 2 rings (SSSR count). The van der Waals surface area contributed by atoms with Crippen LogP contribution >= 0.6 is 0 Å². The van der Waals surface area contributed by atoms with E-state index >= 15 is 0 Å². The van der Waals surface area contributed by atoms with Crippen molar-refractivity contribution in [2.24, 2.45) is 17.8 Å². The van der Waals surface area contributed by atoms with Gasteiger partial charge in [0.05, 0.1) is 5.92 Å². The molecule has 1 saturated heterocycles. The zero-order chi connectivity index (χ0) is 12.3. The minimum Gasteiger partial charge on any atom is -0.353 e. The van der Waals surface area contributed by atoms with Gasteiger partial charge >= 0.3 is 0 Å². The van der Waals surface area contributed by atoms with Crippen LogP contribution in [0.3, 0.4) is 0 Å². The lowest BCUT2D eigenvalue weighted by molar-refractivity contribution is -0.126. The molecule has 2 fully saturated rings. The molecule has 1 amide bonds. The molecule has 17 heavy (non-hydrogen) atoms. The normalized spacial score (nSPS) is 38.7. The Hall–Kier alpha value is -0.570. The highest BCUT2D eigenvalue weighted by Gasteiger charge is 2.28. The van der Waals surface area contributed by atoms with Crippen molar-refractivity contribution in [2.75, 3.05) is 13.1 Å². The fourth-order valence-corrected chi connectivity index (χ4v) is 3.07. The van der Waals surface area contributed by atoms with Crippen LogP contribution in [0.15, 0.2) is 0 Å². The standard InChI is InChI=1S/C14H26N2O/c1-10-5-6-13(8-11(10)2)16-14(17)12-4-3-7-15-9-12/h10-13,15H,3-9H2,1-2H3,(H,16,17)/t10?,11?,12-,13?/m1/s1. The second-order valence-corrected chi connectivity index (χ2v) is 6.02. The summed E-state index contributed by atoms with van der Waals surface area (Å²) < 4.78 is 0. The Balaban J connectivity index is 1.78. The van der Waals surface area contributed by atoms with Crippen LogP contribution in [0, 0.1) is 17.8 Å². The van der Waals surface area contributed by atoms with Gasteiger partial charge in [-0.05, 0) is 50.5 Å². The minimum absolute atomic E-state index is 0.207. The van der Waals surface area contributed by atoms with Crippen molar-refractivity contribution in [3.8, 4) is 0 Å². The topological polar surface area (TPSA) is 41.1 Å². The van der Waals surface area contributed by atoms with E-state index in [4.69, 9.17) is 0 Å². The first-order valence-electron chi connectivity index (χ1n) is 7.18. The maximum absolute atomic E-state index is 12.1. The molecule has 0 aromatic heterocycles. The van der Waals surface area contributed by atoms with E-state index < -0.39 is 0 Å². The lowest BCUT2D eigenvalue weighted by atomic mass is 9.79. The molecule has 0 aromatic rings. The van der Waals surface area contributed by atoms with Crippen LogP contribution in [0.1, 0.15) is 46.0 Å². The van der Waals surface area contributed by atoms with Gasteiger partial charge in [-0.3, -0.25) is 4.79 Å². The van der Waals surface area contributed by atoms with Crippen LogP contribution in [0.2, 0.25) is 0 Å². The fourth-order valence-electron chi connectivity index (χ4n) is 3.07. The zero-order valence-corrected chi connectivity index (χ0v) is 11.2. The molecule has 3 nitrogen and oxygen atoms in total. The summed E-state index contributed by atoms with van der Waals surface area (Å²) in [5, 5.41) is 6.57. The Morgan fingerprint density at radius 2 is 2.00 bits per heavy atom. The molecule has 0 aromatic carbocycles. The summed E-state index contributed by atoms with van der Waals surface area (Å²) >= 11 is 0. The van der Waals surface area contributed by atoms with E-state index in [1.807, 2.05) is 0 Å². The maximum Gasteiger partial charge on any atom is 0.224 e. The Morgan fingerprint density at radius 1 is 1.18 bits per heavy atom. The Morgan fingerprint density at radius 3 is 2.65 bits per heavy atom. The summed E-state index contributed by atoms with van der Waals surface area (Å²) in [6.07, 6.45) is 5.77. The summed E-state index contributed by atoms with van der Waals surface area (Å²) in [6, 6.07) is 0.427. The van der Waals surface area contributed by atoms with Crippen molar-refractivity contribution in [1.82, 2.24) is 10.6 Å². The van der Waals surface area contributed by atoms with Gasteiger partial charge in [-0.2, -0.15) is 0 Å². The third kappa shape index (κ3) is 3.44. The zero-order valence-electron chi connectivity index (χ0n) is 11.2. The van der Waals surface area contributed by atoms with E-state index in [9.17, 15) is 4.79 Å². The SMILES string of the molecule is CC1CCC(NC(=O)[C@@H]2CCCNC2)CC1C. The molecule has 0 spiro atoms. The largest absolute Gasteiger partial charge is 0.353 e. The Bertz CT molecular complexity index is 261. The Labute approximate surface area is 105 Å². The summed E-state index contributed by atoms with van der Waals surface area (Å²) in [7, 11) is 0. The van der Waals surface area contributed by atoms with Gasteiger partial charge in [0, 0.05) is 12.6 Å². The van der Waals surface area contributed by atoms with Gasteiger partial charge in [0.2, 0.25) is 5.91 Å². The Kier molecular flexibility index (Phi) is 4.43. The van der Waals surface area contributed by atoms with Gasteiger partial charge in [0.15, 0.2) is 0 Å². The average molecular weight is 238 g/mol. The van der Waals surface area contributed by atoms with E-state index in [0.29, 0.717) is 6.04 Å². The highest BCUT2D eigenvalue weighted by atomic mass is 16.2. The van der Waals surface area contributed by atoms with Crippen LogP contribution in [-0.2, 0) is 4.79 Å². The van der Waals surface area contributed by atoms with Crippen molar-refractivity contribution in [3.05, 3.63) is 0 Å². The first-order chi connectivity index (χ1) is 8.16. The molecule has 1 aliphatic carbocycles. The van der Waals surface area contributed by atoms with Crippen molar-refractivity contribution >= 4 is 5.91 Å². The second kappa shape index (κ2) is 5.85. The third-order valence-electron chi connectivity index (χ3n) is 4.61. The van der Waals surface area contributed by atoms with Crippen LogP contribution in [0.4, 0.5) is 0 Å². The molecular weight excluding hydrogens is 212 g/mol. The molecule has 1 heterocycles. The number of rotatable bonds is 2. The van der Waals surface area contributed by atoms with Gasteiger partial charge in [-0.1, -0.05) is 13.8 Å². The number of carbonyl (C=O) groups excluding carboxylic acids is 1. The van der Waals surface area contributed by atoms with Crippen LogP contribution in [0.25, 0.3) is 0 Å². The van der Waals surface area contributed by atoms with E-state index in [1.54, 1.807) is 0 Å². The van der Waals surface area contributed by atoms with Crippen LogP contribution < -0.4 is 10.6 Å². The van der Waals surface area contributed by atoms with Gasteiger partial charge < -0.3 is 10.6 Å². The molecule has 1 saturated carbocycles. The van der Waals surface area contributed by atoms with E-state index in [2.05, 4.69) is 24.5 Å². The van der Waals surface area contributed by atoms with Crippen molar-refractivity contribution in [3.63, 3.8) is 0 Å². The number of hydrogen-bond donors (Lipinski definition) is 2. The molecule has 98 valence electrons. The summed E-state index contributed by atoms with van der Waals surface area (Å²) in [5.74, 6) is 2.06. The summed E-state index contributed by atoms with van der Waals surface area (Å²) in [4.78, 5) is 12.1. The average Bonchev–Trinajstić information content (AvgIpc) is 2.35. The summed E-state index contributed by atoms with van der Waals surface area (Å²) in [5.41, 5.74) is 0. The smallest absolute Gasteiger partial charge is 0.224 e. The minimum atomic E-state index is 0.207. The highest BCUT2D eigenvalue weighted by Crippen LogP contribution is 2.29. The number of piperidine rings is 1.